The number of fused-ring (bicyclic) bond motifs is 1. The molecule has 0 radical (unpaired) electrons. The Balaban J connectivity index is 0.00000320. The third kappa shape index (κ3) is 4.66. The van der Waals surface area contributed by atoms with Gasteiger partial charge in [-0.05, 0) is 55.5 Å². The van der Waals surface area contributed by atoms with Crippen LogP contribution in [0.4, 0.5) is 17.1 Å². The predicted octanol–water partition coefficient (Wildman–Crippen LogP) is 4.44. The topological polar surface area (TPSA) is 90.1 Å². The van der Waals surface area contributed by atoms with Crippen molar-refractivity contribution in [2.24, 2.45) is 7.05 Å². The standard InChI is InChI=1S/C28H25N5O3.ClH/c1-3-29-19-14-16-20(17-15-19)30-23-18-24(34)31(2)26-25(23)27(35)33(22-12-8-5-9-13-22)28(36)32(26)21-10-6-4-7-11-21;/h4-18,29-30H,3H2,1-2H3;1H. The molecule has 188 valence electrons. The molecule has 2 N–H and O–H groups in total. The van der Waals surface area contributed by atoms with E-state index < -0.39 is 11.2 Å². The summed E-state index contributed by atoms with van der Waals surface area (Å²) in [6.07, 6.45) is 0. The number of halogens is 1. The zero-order chi connectivity index (χ0) is 25.2. The van der Waals surface area contributed by atoms with Gasteiger partial charge < -0.3 is 10.6 Å². The molecule has 5 rings (SSSR count). The van der Waals surface area contributed by atoms with Gasteiger partial charge in [0.1, 0.15) is 11.0 Å². The Hall–Kier alpha value is -4.56. The average molecular weight is 516 g/mol. The highest BCUT2D eigenvalue weighted by Crippen LogP contribution is 2.24. The fourth-order valence-electron chi connectivity index (χ4n) is 4.29. The monoisotopic (exact) mass is 515 g/mol. The van der Waals surface area contributed by atoms with Crippen LogP contribution in [-0.4, -0.2) is 20.2 Å². The number of para-hydroxylation sites is 2. The van der Waals surface area contributed by atoms with Crippen LogP contribution in [0.5, 0.6) is 0 Å². The quantitative estimate of drug-likeness (QED) is 0.349. The van der Waals surface area contributed by atoms with Crippen molar-refractivity contribution in [2.75, 3.05) is 17.2 Å². The van der Waals surface area contributed by atoms with E-state index in [1.165, 1.54) is 15.2 Å². The molecule has 3 aromatic carbocycles. The van der Waals surface area contributed by atoms with Gasteiger partial charge in [-0.3, -0.25) is 14.2 Å². The molecule has 0 saturated heterocycles. The summed E-state index contributed by atoms with van der Waals surface area (Å²) < 4.78 is 3.88. The zero-order valence-electron chi connectivity index (χ0n) is 20.3. The highest BCUT2D eigenvalue weighted by molar-refractivity contribution is 5.91. The average Bonchev–Trinajstić information content (AvgIpc) is 2.89. The molecular weight excluding hydrogens is 490 g/mol. The highest BCUT2D eigenvalue weighted by Gasteiger charge is 2.21. The lowest BCUT2D eigenvalue weighted by Gasteiger charge is -2.19. The number of benzene rings is 3. The van der Waals surface area contributed by atoms with Crippen molar-refractivity contribution >= 4 is 40.5 Å². The van der Waals surface area contributed by atoms with E-state index in [-0.39, 0.29) is 29.0 Å². The maximum Gasteiger partial charge on any atom is 0.341 e. The lowest BCUT2D eigenvalue weighted by molar-refractivity contribution is 0.784. The van der Waals surface area contributed by atoms with Crippen LogP contribution >= 0.6 is 12.4 Å². The molecule has 9 heteroatoms. The summed E-state index contributed by atoms with van der Waals surface area (Å²) >= 11 is 0. The Morgan fingerprint density at radius 3 is 1.84 bits per heavy atom. The van der Waals surface area contributed by atoms with Gasteiger partial charge in [0.2, 0.25) is 0 Å². The third-order valence-electron chi connectivity index (χ3n) is 5.99. The number of nitrogens with zero attached hydrogens (tertiary/aromatic N) is 3. The number of anilines is 3. The molecule has 0 atom stereocenters. The van der Waals surface area contributed by atoms with Crippen LogP contribution in [-0.2, 0) is 7.05 Å². The molecule has 8 nitrogen and oxygen atoms in total. The van der Waals surface area contributed by atoms with Gasteiger partial charge >= 0.3 is 5.69 Å². The molecule has 0 bridgehead atoms. The van der Waals surface area contributed by atoms with E-state index in [0.29, 0.717) is 22.7 Å². The number of aromatic nitrogens is 3. The van der Waals surface area contributed by atoms with Crippen molar-refractivity contribution in [1.82, 2.24) is 13.7 Å². The van der Waals surface area contributed by atoms with Crippen molar-refractivity contribution in [1.29, 1.82) is 0 Å². The largest absolute Gasteiger partial charge is 0.385 e. The van der Waals surface area contributed by atoms with E-state index in [1.807, 2.05) is 43.3 Å². The van der Waals surface area contributed by atoms with Crippen LogP contribution < -0.4 is 27.4 Å². The molecule has 2 heterocycles. The minimum atomic E-state index is -0.563. The normalized spacial score (nSPS) is 10.6. The predicted molar refractivity (Wildman–Crippen MR) is 152 cm³/mol. The minimum Gasteiger partial charge on any atom is -0.385 e. The second kappa shape index (κ2) is 10.6. The Morgan fingerprint density at radius 2 is 1.27 bits per heavy atom. The molecule has 0 spiro atoms. The molecule has 0 amide bonds. The molecule has 2 aromatic heterocycles. The fraction of sp³-hybridized carbons (Fsp3) is 0.107. The van der Waals surface area contributed by atoms with Gasteiger partial charge in [0, 0.05) is 31.0 Å². The molecule has 0 saturated carbocycles. The summed E-state index contributed by atoms with van der Waals surface area (Å²) in [4.78, 5) is 40.8. The SMILES string of the molecule is CCNc1ccc(Nc2cc(=O)n(C)c3c2c(=O)n(-c2ccccc2)c(=O)n3-c2ccccc2)cc1.Cl. The number of hydrogen-bond acceptors (Lipinski definition) is 5. The number of rotatable bonds is 6. The van der Waals surface area contributed by atoms with Crippen LogP contribution in [0.1, 0.15) is 6.92 Å². The summed E-state index contributed by atoms with van der Waals surface area (Å²) in [6, 6.07) is 26.7. The molecule has 0 aliphatic heterocycles. The van der Waals surface area contributed by atoms with Gasteiger partial charge in [0.05, 0.1) is 17.1 Å². The van der Waals surface area contributed by atoms with Crippen LogP contribution in [0.3, 0.4) is 0 Å². The lowest BCUT2D eigenvalue weighted by atomic mass is 10.2. The maximum absolute atomic E-state index is 13.9. The number of pyridine rings is 1. The second-order valence-corrected chi connectivity index (χ2v) is 8.32. The van der Waals surface area contributed by atoms with Crippen LogP contribution in [0.15, 0.2) is 105 Å². The van der Waals surface area contributed by atoms with Crippen molar-refractivity contribution in [3.8, 4) is 11.4 Å². The smallest absolute Gasteiger partial charge is 0.341 e. The molecule has 0 aliphatic rings. The van der Waals surface area contributed by atoms with E-state index in [0.717, 1.165) is 16.8 Å². The number of aryl methyl sites for hydroxylation is 1. The van der Waals surface area contributed by atoms with Crippen molar-refractivity contribution < 1.29 is 0 Å². The first-order chi connectivity index (χ1) is 17.5. The van der Waals surface area contributed by atoms with E-state index >= 15 is 0 Å². The summed E-state index contributed by atoms with van der Waals surface area (Å²) in [7, 11) is 1.56. The first-order valence-corrected chi connectivity index (χ1v) is 11.6. The molecule has 0 unspecified atom stereocenters. The van der Waals surface area contributed by atoms with Gasteiger partial charge in [-0.1, -0.05) is 36.4 Å². The number of hydrogen-bond donors (Lipinski definition) is 2. The molecular formula is C28H26ClN5O3. The van der Waals surface area contributed by atoms with Gasteiger partial charge in [-0.15, -0.1) is 12.4 Å². The second-order valence-electron chi connectivity index (χ2n) is 8.32. The summed E-state index contributed by atoms with van der Waals surface area (Å²) in [5.74, 6) is 0. The van der Waals surface area contributed by atoms with Gasteiger partial charge in [-0.2, -0.15) is 0 Å². The Bertz CT molecular complexity index is 1730. The minimum absolute atomic E-state index is 0. The van der Waals surface area contributed by atoms with Crippen LogP contribution in [0, 0.1) is 0 Å². The number of nitrogens with one attached hydrogen (secondary N) is 2. The molecule has 0 fully saturated rings. The van der Waals surface area contributed by atoms with Crippen LogP contribution in [0.25, 0.3) is 22.4 Å². The summed E-state index contributed by atoms with van der Waals surface area (Å²) in [5.41, 5.74) is 1.74. The fourth-order valence-corrected chi connectivity index (χ4v) is 4.29. The Morgan fingerprint density at radius 1 is 0.730 bits per heavy atom. The Kier molecular flexibility index (Phi) is 7.31. The Labute approximate surface area is 218 Å². The van der Waals surface area contributed by atoms with E-state index in [4.69, 9.17) is 0 Å². The van der Waals surface area contributed by atoms with Gasteiger partial charge in [0.25, 0.3) is 11.1 Å². The maximum atomic E-state index is 13.9. The summed E-state index contributed by atoms with van der Waals surface area (Å²) in [6.45, 7) is 2.81. The van der Waals surface area contributed by atoms with E-state index in [9.17, 15) is 14.4 Å². The van der Waals surface area contributed by atoms with Crippen molar-refractivity contribution in [3.05, 3.63) is 122 Å². The van der Waals surface area contributed by atoms with Crippen LogP contribution in [0.2, 0.25) is 0 Å². The van der Waals surface area contributed by atoms with Gasteiger partial charge in [-0.25, -0.2) is 13.9 Å². The highest BCUT2D eigenvalue weighted by atomic mass is 35.5. The lowest BCUT2D eigenvalue weighted by Crippen LogP contribution is -2.40. The first kappa shape index (κ1) is 25.5. The van der Waals surface area contributed by atoms with Crippen molar-refractivity contribution in [3.63, 3.8) is 0 Å². The molecule has 5 aromatic rings. The van der Waals surface area contributed by atoms with Crippen molar-refractivity contribution in [2.45, 2.75) is 6.92 Å². The molecule has 0 aliphatic carbocycles. The van der Waals surface area contributed by atoms with E-state index in [1.54, 1.807) is 55.6 Å². The third-order valence-corrected chi connectivity index (χ3v) is 5.99. The zero-order valence-corrected chi connectivity index (χ0v) is 21.2. The summed E-state index contributed by atoms with van der Waals surface area (Å²) in [5, 5.41) is 6.69. The van der Waals surface area contributed by atoms with Gasteiger partial charge in [0.15, 0.2) is 0 Å². The van der Waals surface area contributed by atoms with E-state index in [2.05, 4.69) is 10.6 Å². The first-order valence-electron chi connectivity index (χ1n) is 11.6. The molecule has 37 heavy (non-hydrogen) atoms.